The Morgan fingerprint density at radius 3 is 2.59 bits per heavy atom. The molecule has 2 rings (SSSR count). The highest BCUT2D eigenvalue weighted by molar-refractivity contribution is 7.85. The molecule has 17 heavy (non-hydrogen) atoms. The van der Waals surface area contributed by atoms with Gasteiger partial charge in [0.25, 0.3) is 0 Å². The van der Waals surface area contributed by atoms with Gasteiger partial charge in [0.15, 0.2) is 0 Å². The molecule has 0 aliphatic carbocycles. The van der Waals surface area contributed by atoms with Gasteiger partial charge in [-0.05, 0) is 24.6 Å². The summed E-state index contributed by atoms with van der Waals surface area (Å²) in [5, 5.41) is 10.1. The van der Waals surface area contributed by atoms with Crippen LogP contribution in [0.25, 0.3) is 0 Å². The molecular weight excluding hydrogens is 258 g/mol. The van der Waals surface area contributed by atoms with Gasteiger partial charge in [0.2, 0.25) is 0 Å². The first kappa shape index (κ1) is 12.9. The Bertz CT molecular complexity index is 427. The van der Waals surface area contributed by atoms with Crippen LogP contribution >= 0.6 is 11.6 Å². The van der Waals surface area contributed by atoms with Gasteiger partial charge >= 0.3 is 0 Å². The van der Waals surface area contributed by atoms with Crippen molar-refractivity contribution in [3.8, 4) is 0 Å². The van der Waals surface area contributed by atoms with E-state index in [2.05, 4.69) is 4.90 Å². The maximum absolute atomic E-state index is 11.3. The Balaban J connectivity index is 2.19. The maximum Gasteiger partial charge on any atom is 0.0762 e. The van der Waals surface area contributed by atoms with Crippen molar-refractivity contribution in [1.29, 1.82) is 0 Å². The molecule has 0 radical (unpaired) electrons. The second-order valence-electron chi connectivity index (χ2n) is 4.22. The van der Waals surface area contributed by atoms with E-state index in [0.29, 0.717) is 16.5 Å². The summed E-state index contributed by atoms with van der Waals surface area (Å²) < 4.78 is 11.3. The number of aliphatic hydroxyl groups excluding tert-OH is 1. The Morgan fingerprint density at radius 2 is 2.06 bits per heavy atom. The van der Waals surface area contributed by atoms with Crippen LogP contribution in [-0.2, 0) is 10.8 Å². The normalized spacial score (nSPS) is 19.4. The van der Waals surface area contributed by atoms with E-state index in [9.17, 15) is 9.32 Å². The van der Waals surface area contributed by atoms with E-state index >= 15 is 0 Å². The monoisotopic (exact) mass is 273 g/mol. The first-order chi connectivity index (χ1) is 8.08. The van der Waals surface area contributed by atoms with Crippen LogP contribution in [0.2, 0.25) is 5.02 Å². The number of hydrogen-bond donors (Lipinski definition) is 1. The fourth-order valence-corrected chi connectivity index (χ4v) is 3.28. The van der Waals surface area contributed by atoms with Crippen molar-refractivity contribution in [2.75, 3.05) is 29.5 Å². The van der Waals surface area contributed by atoms with Gasteiger partial charge in [0.1, 0.15) is 0 Å². The zero-order chi connectivity index (χ0) is 12.4. The van der Waals surface area contributed by atoms with Gasteiger partial charge in [-0.25, -0.2) is 0 Å². The zero-order valence-corrected chi connectivity index (χ0v) is 11.3. The largest absolute Gasteiger partial charge is 0.389 e. The van der Waals surface area contributed by atoms with Crippen molar-refractivity contribution in [2.24, 2.45) is 0 Å². The molecule has 0 bridgehead atoms. The molecule has 0 spiro atoms. The van der Waals surface area contributed by atoms with Crippen molar-refractivity contribution in [2.45, 2.75) is 13.0 Å². The molecule has 1 aliphatic heterocycles. The molecule has 94 valence electrons. The molecule has 5 heteroatoms. The predicted octanol–water partition coefficient (Wildman–Crippen LogP) is 1.96. The third-order valence-electron chi connectivity index (χ3n) is 2.97. The summed E-state index contributed by atoms with van der Waals surface area (Å²) in [4.78, 5) is 2.15. The average Bonchev–Trinajstić information content (AvgIpc) is 2.30. The minimum Gasteiger partial charge on any atom is -0.389 e. The number of aliphatic hydroxyl groups is 1. The molecule has 0 amide bonds. The summed E-state index contributed by atoms with van der Waals surface area (Å²) in [6.07, 6.45) is -0.504. The van der Waals surface area contributed by atoms with E-state index in [0.717, 1.165) is 24.3 Å². The third kappa shape index (κ3) is 3.00. The number of hydrogen-bond acceptors (Lipinski definition) is 3. The quantitative estimate of drug-likeness (QED) is 0.896. The van der Waals surface area contributed by atoms with Crippen LogP contribution in [0, 0.1) is 0 Å². The minimum absolute atomic E-state index is 0.504. The number of nitrogens with zero attached hydrogens (tertiary/aromatic N) is 1. The van der Waals surface area contributed by atoms with Crippen LogP contribution in [0.4, 0.5) is 5.69 Å². The van der Waals surface area contributed by atoms with Gasteiger partial charge in [-0.1, -0.05) is 17.7 Å². The molecular formula is C12H16ClNO2S. The summed E-state index contributed by atoms with van der Waals surface area (Å²) in [5.41, 5.74) is 1.78. The molecule has 0 aromatic heterocycles. The Hall–Kier alpha value is -0.580. The highest BCUT2D eigenvalue weighted by Crippen LogP contribution is 2.29. The highest BCUT2D eigenvalue weighted by Gasteiger charge is 2.18. The molecule has 1 aromatic carbocycles. The van der Waals surface area contributed by atoms with E-state index in [1.165, 1.54) is 0 Å². The summed E-state index contributed by atoms with van der Waals surface area (Å²) in [6.45, 7) is 3.27. The predicted molar refractivity (Wildman–Crippen MR) is 72.2 cm³/mol. The van der Waals surface area contributed by atoms with E-state index in [-0.39, 0.29) is 0 Å². The van der Waals surface area contributed by atoms with Gasteiger partial charge < -0.3 is 10.0 Å². The van der Waals surface area contributed by atoms with E-state index < -0.39 is 16.9 Å². The van der Waals surface area contributed by atoms with Crippen LogP contribution in [0.3, 0.4) is 0 Å². The van der Waals surface area contributed by atoms with Gasteiger partial charge in [0.05, 0.1) is 16.8 Å². The van der Waals surface area contributed by atoms with Gasteiger partial charge in [-0.3, -0.25) is 4.21 Å². The number of anilines is 1. The molecule has 0 unspecified atom stereocenters. The topological polar surface area (TPSA) is 40.5 Å². The van der Waals surface area contributed by atoms with Crippen molar-refractivity contribution < 1.29 is 9.32 Å². The first-order valence-electron chi connectivity index (χ1n) is 5.65. The lowest BCUT2D eigenvalue weighted by molar-refractivity contribution is 0.199. The first-order valence-corrected chi connectivity index (χ1v) is 7.52. The van der Waals surface area contributed by atoms with Crippen molar-refractivity contribution in [3.63, 3.8) is 0 Å². The van der Waals surface area contributed by atoms with Crippen molar-refractivity contribution in [1.82, 2.24) is 0 Å². The number of rotatable bonds is 2. The maximum atomic E-state index is 11.3. The molecule has 1 atom stereocenters. The molecule has 1 N–H and O–H groups in total. The molecule has 1 fully saturated rings. The Morgan fingerprint density at radius 1 is 1.41 bits per heavy atom. The standard InChI is InChI=1S/C12H16ClNO2S/c1-9(15)10-2-3-12(11(13)8-10)14-4-6-17(16)7-5-14/h2-3,8-9,15H,4-7H2,1H3/t9-/m1/s1. The molecule has 0 saturated carbocycles. The lowest BCUT2D eigenvalue weighted by Gasteiger charge is -2.29. The lowest BCUT2D eigenvalue weighted by atomic mass is 10.1. The summed E-state index contributed by atoms with van der Waals surface area (Å²) in [7, 11) is -0.678. The van der Waals surface area contributed by atoms with Crippen LogP contribution < -0.4 is 4.90 Å². The van der Waals surface area contributed by atoms with E-state index in [4.69, 9.17) is 11.6 Å². The zero-order valence-electron chi connectivity index (χ0n) is 9.73. The van der Waals surface area contributed by atoms with Gasteiger partial charge in [-0.2, -0.15) is 0 Å². The van der Waals surface area contributed by atoms with Crippen LogP contribution in [0.15, 0.2) is 18.2 Å². The van der Waals surface area contributed by atoms with Gasteiger partial charge in [-0.15, -0.1) is 0 Å². The summed E-state index contributed by atoms with van der Waals surface area (Å²) >= 11 is 6.21. The Kier molecular flexibility index (Phi) is 4.07. The number of benzene rings is 1. The van der Waals surface area contributed by atoms with Crippen LogP contribution in [0.5, 0.6) is 0 Å². The minimum atomic E-state index is -0.678. The van der Waals surface area contributed by atoms with Crippen LogP contribution in [-0.4, -0.2) is 33.9 Å². The second kappa shape index (κ2) is 5.38. The fraction of sp³-hybridized carbons (Fsp3) is 0.500. The Labute approximate surface area is 109 Å². The molecule has 1 aliphatic rings. The summed E-state index contributed by atoms with van der Waals surface area (Å²) in [5.74, 6) is 1.41. The van der Waals surface area contributed by atoms with E-state index in [1.807, 2.05) is 12.1 Å². The third-order valence-corrected chi connectivity index (χ3v) is 4.55. The lowest BCUT2D eigenvalue weighted by Crippen LogP contribution is -2.37. The smallest absolute Gasteiger partial charge is 0.0762 e. The average molecular weight is 274 g/mol. The van der Waals surface area contributed by atoms with Crippen molar-refractivity contribution >= 4 is 28.1 Å². The highest BCUT2D eigenvalue weighted by atomic mass is 35.5. The summed E-state index contributed by atoms with van der Waals surface area (Å²) in [6, 6.07) is 5.61. The molecule has 3 nitrogen and oxygen atoms in total. The molecule has 1 heterocycles. The second-order valence-corrected chi connectivity index (χ2v) is 6.33. The van der Waals surface area contributed by atoms with Gasteiger partial charge in [0, 0.05) is 35.4 Å². The van der Waals surface area contributed by atoms with Crippen LogP contribution in [0.1, 0.15) is 18.6 Å². The molecule has 1 aromatic rings. The van der Waals surface area contributed by atoms with Crippen molar-refractivity contribution in [3.05, 3.63) is 28.8 Å². The fourth-order valence-electron chi connectivity index (χ4n) is 1.92. The number of halogens is 1. The molecule has 1 saturated heterocycles. The SMILES string of the molecule is C[C@@H](O)c1ccc(N2CCS(=O)CC2)c(Cl)c1. The van der Waals surface area contributed by atoms with E-state index in [1.54, 1.807) is 13.0 Å².